The van der Waals surface area contributed by atoms with Gasteiger partial charge < -0.3 is 14.7 Å². The van der Waals surface area contributed by atoms with Gasteiger partial charge in [-0.25, -0.2) is 0 Å². The van der Waals surface area contributed by atoms with E-state index < -0.39 is 0 Å². The van der Waals surface area contributed by atoms with Crippen LogP contribution in [0, 0.1) is 0 Å². The van der Waals surface area contributed by atoms with Crippen molar-refractivity contribution in [3.05, 3.63) is 41.5 Å². The number of guanidine groups is 1. The number of para-hydroxylation sites is 1. The van der Waals surface area contributed by atoms with Gasteiger partial charge in [-0.1, -0.05) is 43.1 Å². The first kappa shape index (κ1) is 18.0. The molecule has 1 spiro atoms. The predicted molar refractivity (Wildman–Crippen MR) is 107 cm³/mol. The van der Waals surface area contributed by atoms with Gasteiger partial charge in [0.1, 0.15) is 0 Å². The predicted octanol–water partition coefficient (Wildman–Crippen LogP) is 3.47. The normalized spacial score (nSPS) is 18.3. The molecule has 1 aromatic heterocycles. The second kappa shape index (κ2) is 7.71. The summed E-state index contributed by atoms with van der Waals surface area (Å²) in [6, 6.07) is 8.86. The molecule has 6 nitrogen and oxygen atoms in total. The molecule has 2 aromatic rings. The summed E-state index contributed by atoms with van der Waals surface area (Å²) >= 11 is 0. The van der Waals surface area contributed by atoms with Crippen LogP contribution in [0.15, 0.2) is 33.8 Å². The Morgan fingerprint density at radius 2 is 2.07 bits per heavy atom. The number of hydrogen-bond acceptors (Lipinski definition) is 4. The molecule has 2 aliphatic rings. The Labute approximate surface area is 161 Å². The largest absolute Gasteiger partial charge is 0.356 e. The third-order valence-corrected chi connectivity index (χ3v) is 5.79. The lowest BCUT2D eigenvalue weighted by Gasteiger charge is -2.26. The van der Waals surface area contributed by atoms with E-state index in [1.165, 1.54) is 36.9 Å². The van der Waals surface area contributed by atoms with Gasteiger partial charge in [-0.3, -0.25) is 4.99 Å². The highest BCUT2D eigenvalue weighted by Gasteiger charge is 2.45. The van der Waals surface area contributed by atoms with Crippen LogP contribution in [-0.4, -0.2) is 35.7 Å². The van der Waals surface area contributed by atoms with Crippen LogP contribution in [0.2, 0.25) is 0 Å². The zero-order chi connectivity index (χ0) is 18.7. The summed E-state index contributed by atoms with van der Waals surface area (Å²) in [4.78, 5) is 11.7. The summed E-state index contributed by atoms with van der Waals surface area (Å²) in [6.45, 7) is 6.67. The number of benzene rings is 1. The van der Waals surface area contributed by atoms with Gasteiger partial charge in [-0.05, 0) is 31.4 Å². The van der Waals surface area contributed by atoms with Gasteiger partial charge in [0.05, 0.1) is 0 Å². The highest BCUT2D eigenvalue weighted by atomic mass is 16.5. The number of fused-ring (bicyclic) bond motifs is 2. The van der Waals surface area contributed by atoms with Crippen molar-refractivity contribution in [3.8, 4) is 0 Å². The fraction of sp³-hybridized carbons (Fsp3) is 0.571. The van der Waals surface area contributed by atoms with Crippen molar-refractivity contribution < 1.29 is 4.52 Å². The molecule has 144 valence electrons. The lowest BCUT2D eigenvalue weighted by Crippen LogP contribution is -2.43. The molecule has 4 rings (SSSR count). The first-order valence-corrected chi connectivity index (χ1v) is 10.2. The monoisotopic (exact) mass is 367 g/mol. The highest BCUT2D eigenvalue weighted by Crippen LogP contribution is 2.50. The van der Waals surface area contributed by atoms with Crippen molar-refractivity contribution >= 4 is 11.6 Å². The summed E-state index contributed by atoms with van der Waals surface area (Å²) in [6.07, 6.45) is 6.68. The average Bonchev–Trinajstić information content (AvgIpc) is 3.42. The average molecular weight is 367 g/mol. The third kappa shape index (κ3) is 3.45. The number of aryl methyl sites for hydroxylation is 1. The Morgan fingerprint density at radius 3 is 2.81 bits per heavy atom. The molecule has 1 saturated carbocycles. The van der Waals surface area contributed by atoms with Crippen LogP contribution in [0.25, 0.3) is 0 Å². The fourth-order valence-electron chi connectivity index (χ4n) is 4.49. The Morgan fingerprint density at radius 1 is 1.26 bits per heavy atom. The van der Waals surface area contributed by atoms with Gasteiger partial charge in [-0.2, -0.15) is 4.98 Å². The second-order valence-corrected chi connectivity index (χ2v) is 7.53. The minimum Gasteiger partial charge on any atom is -0.356 e. The van der Waals surface area contributed by atoms with Gasteiger partial charge >= 0.3 is 0 Å². The topological polar surface area (TPSA) is 66.5 Å². The molecule has 1 N–H and O–H groups in total. The number of rotatable bonds is 5. The standard InChI is InChI=1S/C21H29N5O/c1-3-19-24-18(25-27-19)11-14-23-20(22-4-2)26-15-21(12-7-8-13-21)16-9-5-6-10-17(16)26/h5-6,9-10H,3-4,7-8,11-15H2,1-2H3,(H,22,23). The Hall–Kier alpha value is -2.37. The fourth-order valence-corrected chi connectivity index (χ4v) is 4.49. The lowest BCUT2D eigenvalue weighted by atomic mass is 9.81. The molecule has 0 bridgehead atoms. The Kier molecular flexibility index (Phi) is 5.14. The maximum absolute atomic E-state index is 5.19. The molecular formula is C21H29N5O. The van der Waals surface area contributed by atoms with Crippen LogP contribution < -0.4 is 10.2 Å². The van der Waals surface area contributed by atoms with E-state index >= 15 is 0 Å². The zero-order valence-corrected chi connectivity index (χ0v) is 16.4. The van der Waals surface area contributed by atoms with Gasteiger partial charge in [0.15, 0.2) is 11.8 Å². The maximum Gasteiger partial charge on any atom is 0.226 e. The van der Waals surface area contributed by atoms with Crippen molar-refractivity contribution in [2.45, 2.75) is 57.8 Å². The van der Waals surface area contributed by atoms with Crippen molar-refractivity contribution in [1.29, 1.82) is 0 Å². The van der Waals surface area contributed by atoms with E-state index in [-0.39, 0.29) is 0 Å². The highest BCUT2D eigenvalue weighted by molar-refractivity contribution is 5.98. The summed E-state index contributed by atoms with van der Waals surface area (Å²) in [5.41, 5.74) is 3.11. The van der Waals surface area contributed by atoms with E-state index in [4.69, 9.17) is 9.52 Å². The molecule has 1 aromatic carbocycles. The van der Waals surface area contributed by atoms with Crippen molar-refractivity contribution in [1.82, 2.24) is 15.5 Å². The van der Waals surface area contributed by atoms with Crippen LogP contribution in [0.3, 0.4) is 0 Å². The minimum absolute atomic E-state index is 0.302. The van der Waals surface area contributed by atoms with Gasteiger partial charge in [0.25, 0.3) is 0 Å². The van der Waals surface area contributed by atoms with Crippen LogP contribution in [0.1, 0.15) is 56.8 Å². The molecule has 1 aliphatic carbocycles. The number of aliphatic imine (C=N–C) groups is 1. The van der Waals surface area contributed by atoms with Crippen LogP contribution in [0.4, 0.5) is 5.69 Å². The molecule has 0 atom stereocenters. The van der Waals surface area contributed by atoms with Crippen LogP contribution >= 0.6 is 0 Å². The maximum atomic E-state index is 5.19. The molecule has 1 aliphatic heterocycles. The molecule has 0 amide bonds. The number of nitrogens with one attached hydrogen (secondary N) is 1. The second-order valence-electron chi connectivity index (χ2n) is 7.53. The number of hydrogen-bond donors (Lipinski definition) is 1. The van der Waals surface area contributed by atoms with Crippen LogP contribution in [0.5, 0.6) is 0 Å². The first-order chi connectivity index (χ1) is 13.3. The number of anilines is 1. The van der Waals surface area contributed by atoms with Gasteiger partial charge in [0, 0.05) is 43.6 Å². The van der Waals surface area contributed by atoms with Crippen molar-refractivity contribution in [3.63, 3.8) is 0 Å². The first-order valence-electron chi connectivity index (χ1n) is 10.2. The smallest absolute Gasteiger partial charge is 0.226 e. The van der Waals surface area contributed by atoms with Crippen molar-refractivity contribution in [2.24, 2.45) is 4.99 Å². The molecule has 0 saturated heterocycles. The molecular weight excluding hydrogens is 338 g/mol. The molecule has 27 heavy (non-hydrogen) atoms. The lowest BCUT2D eigenvalue weighted by molar-refractivity contribution is 0.376. The summed E-state index contributed by atoms with van der Waals surface area (Å²) in [7, 11) is 0. The van der Waals surface area contributed by atoms with Gasteiger partial charge in [0.2, 0.25) is 5.89 Å². The zero-order valence-electron chi connectivity index (χ0n) is 16.4. The molecule has 6 heteroatoms. The molecule has 0 unspecified atom stereocenters. The number of aromatic nitrogens is 2. The van der Waals surface area contributed by atoms with Crippen LogP contribution in [-0.2, 0) is 18.3 Å². The molecule has 1 fully saturated rings. The Balaban J connectivity index is 1.54. The van der Waals surface area contributed by atoms with Gasteiger partial charge in [-0.15, -0.1) is 0 Å². The number of nitrogens with zero attached hydrogens (tertiary/aromatic N) is 4. The SMILES string of the molecule is CCNC(=NCCc1noc(CC)n1)N1CC2(CCCC2)c2ccccc21. The van der Waals surface area contributed by atoms with Crippen molar-refractivity contribution in [2.75, 3.05) is 24.5 Å². The summed E-state index contributed by atoms with van der Waals surface area (Å²) in [5.74, 6) is 2.39. The van der Waals surface area contributed by atoms with E-state index in [0.29, 0.717) is 24.3 Å². The Bertz CT molecular complexity index is 806. The van der Waals surface area contributed by atoms with E-state index in [1.54, 1.807) is 0 Å². The summed E-state index contributed by atoms with van der Waals surface area (Å²) in [5, 5.41) is 7.52. The molecule has 2 heterocycles. The quantitative estimate of drug-likeness (QED) is 0.647. The van der Waals surface area contributed by atoms with E-state index in [0.717, 1.165) is 31.3 Å². The van der Waals surface area contributed by atoms with E-state index in [9.17, 15) is 0 Å². The van der Waals surface area contributed by atoms with E-state index in [1.807, 2.05) is 6.92 Å². The summed E-state index contributed by atoms with van der Waals surface area (Å²) < 4.78 is 5.19. The van der Waals surface area contributed by atoms with E-state index in [2.05, 4.69) is 51.5 Å². The molecule has 0 radical (unpaired) electrons. The third-order valence-electron chi connectivity index (χ3n) is 5.79. The minimum atomic E-state index is 0.302.